The Hall–Kier alpha value is -2.31. The van der Waals surface area contributed by atoms with Crippen molar-refractivity contribution in [2.45, 2.75) is 18.9 Å². The van der Waals surface area contributed by atoms with Gasteiger partial charge in [-0.05, 0) is 12.5 Å². The number of pyridine rings is 1. The van der Waals surface area contributed by atoms with E-state index >= 15 is 0 Å². The van der Waals surface area contributed by atoms with Crippen molar-refractivity contribution in [2.24, 2.45) is 0 Å². The molecule has 5 N–H and O–H groups in total. The standard InChI is InChI=1S/C11H14N4O3/c12-6-3-8(11(17)18)10(14-4-6)15-7-1-2-9(16)13-5-7/h3-4,7H,1-2,5,12H2,(H,13,16)(H,14,15)(H,17,18). The maximum absolute atomic E-state index is 11.1. The highest BCUT2D eigenvalue weighted by Gasteiger charge is 2.20. The highest BCUT2D eigenvalue weighted by atomic mass is 16.4. The summed E-state index contributed by atoms with van der Waals surface area (Å²) in [6.45, 7) is 0.462. The molecule has 2 rings (SSSR count). The first-order valence-electron chi connectivity index (χ1n) is 5.58. The number of carbonyl (C=O) groups excluding carboxylic acids is 1. The van der Waals surface area contributed by atoms with Crippen molar-refractivity contribution < 1.29 is 14.7 Å². The van der Waals surface area contributed by atoms with Gasteiger partial charge in [-0.15, -0.1) is 0 Å². The average molecular weight is 250 g/mol. The number of aromatic nitrogens is 1. The second kappa shape index (κ2) is 4.91. The molecular formula is C11H14N4O3. The molecule has 1 aromatic heterocycles. The van der Waals surface area contributed by atoms with Crippen LogP contribution in [0.4, 0.5) is 11.5 Å². The van der Waals surface area contributed by atoms with Crippen LogP contribution in [0.5, 0.6) is 0 Å². The number of nitrogens with one attached hydrogen (secondary N) is 2. The van der Waals surface area contributed by atoms with Gasteiger partial charge in [0.25, 0.3) is 0 Å². The number of hydrogen-bond acceptors (Lipinski definition) is 5. The lowest BCUT2D eigenvalue weighted by Gasteiger charge is -2.24. The average Bonchev–Trinajstić information content (AvgIpc) is 2.34. The Morgan fingerprint density at radius 2 is 2.39 bits per heavy atom. The quantitative estimate of drug-likeness (QED) is 0.602. The highest BCUT2D eigenvalue weighted by molar-refractivity contribution is 5.94. The Balaban J connectivity index is 2.13. The number of nitrogen functional groups attached to an aromatic ring is 1. The number of piperidine rings is 1. The zero-order chi connectivity index (χ0) is 13.1. The number of nitrogens with two attached hydrogens (primary N) is 1. The molecule has 1 atom stereocenters. The third-order valence-corrected chi connectivity index (χ3v) is 2.75. The summed E-state index contributed by atoms with van der Waals surface area (Å²) in [5, 5.41) is 14.8. The summed E-state index contributed by atoms with van der Waals surface area (Å²) in [4.78, 5) is 26.1. The van der Waals surface area contributed by atoms with Crippen LogP contribution in [-0.2, 0) is 4.79 Å². The third kappa shape index (κ3) is 2.68. The van der Waals surface area contributed by atoms with Gasteiger partial charge in [-0.2, -0.15) is 0 Å². The molecule has 1 aliphatic heterocycles. The van der Waals surface area contributed by atoms with Gasteiger partial charge < -0.3 is 21.5 Å². The van der Waals surface area contributed by atoms with Gasteiger partial charge in [0.1, 0.15) is 11.4 Å². The van der Waals surface area contributed by atoms with Crippen molar-refractivity contribution >= 4 is 23.4 Å². The smallest absolute Gasteiger partial charge is 0.339 e. The third-order valence-electron chi connectivity index (χ3n) is 2.75. The van der Waals surface area contributed by atoms with Gasteiger partial charge in [-0.25, -0.2) is 9.78 Å². The zero-order valence-electron chi connectivity index (χ0n) is 9.64. The monoisotopic (exact) mass is 250 g/mol. The summed E-state index contributed by atoms with van der Waals surface area (Å²) in [5.41, 5.74) is 5.84. The summed E-state index contributed by atoms with van der Waals surface area (Å²) in [7, 11) is 0. The van der Waals surface area contributed by atoms with Gasteiger partial charge >= 0.3 is 5.97 Å². The minimum Gasteiger partial charge on any atom is -0.478 e. The molecule has 0 saturated carbocycles. The second-order valence-electron chi connectivity index (χ2n) is 4.15. The van der Waals surface area contributed by atoms with E-state index in [2.05, 4.69) is 15.6 Å². The fourth-order valence-electron chi connectivity index (χ4n) is 1.81. The van der Waals surface area contributed by atoms with E-state index < -0.39 is 5.97 Å². The van der Waals surface area contributed by atoms with E-state index in [4.69, 9.17) is 10.8 Å². The molecule has 1 aromatic rings. The van der Waals surface area contributed by atoms with Crippen LogP contribution < -0.4 is 16.4 Å². The van der Waals surface area contributed by atoms with Crippen LogP contribution in [0.1, 0.15) is 23.2 Å². The lowest BCUT2D eigenvalue weighted by Crippen LogP contribution is -2.42. The number of carbonyl (C=O) groups is 2. The molecular weight excluding hydrogens is 236 g/mol. The Morgan fingerprint density at radius 1 is 1.61 bits per heavy atom. The molecule has 1 aliphatic rings. The number of carboxylic acids is 1. The van der Waals surface area contributed by atoms with Crippen molar-refractivity contribution in [3.8, 4) is 0 Å². The lowest BCUT2D eigenvalue weighted by atomic mass is 10.1. The predicted octanol–water partition coefficient (Wildman–Crippen LogP) is 0.0525. The van der Waals surface area contributed by atoms with Crippen molar-refractivity contribution in [1.82, 2.24) is 10.3 Å². The number of nitrogens with zero attached hydrogens (tertiary/aromatic N) is 1. The van der Waals surface area contributed by atoms with Crippen LogP contribution in [0.2, 0.25) is 0 Å². The molecule has 1 saturated heterocycles. The van der Waals surface area contributed by atoms with Gasteiger partial charge in [0.15, 0.2) is 0 Å². The van der Waals surface area contributed by atoms with E-state index in [1.165, 1.54) is 12.3 Å². The van der Waals surface area contributed by atoms with Crippen LogP contribution in [0, 0.1) is 0 Å². The molecule has 7 nitrogen and oxygen atoms in total. The van der Waals surface area contributed by atoms with Gasteiger partial charge in [0, 0.05) is 19.0 Å². The summed E-state index contributed by atoms with van der Waals surface area (Å²) < 4.78 is 0. The first-order valence-corrected chi connectivity index (χ1v) is 5.58. The van der Waals surface area contributed by atoms with E-state index in [9.17, 15) is 9.59 Å². The van der Waals surface area contributed by atoms with Crippen LogP contribution in [0.15, 0.2) is 12.3 Å². The minimum absolute atomic E-state index is 0.0109. The molecule has 7 heteroatoms. The number of anilines is 2. The maximum atomic E-state index is 11.1. The summed E-state index contributed by atoms with van der Waals surface area (Å²) in [6.07, 6.45) is 2.47. The molecule has 0 radical (unpaired) electrons. The molecule has 0 aromatic carbocycles. The van der Waals surface area contributed by atoms with Gasteiger partial charge in [0.2, 0.25) is 5.91 Å². The summed E-state index contributed by atoms with van der Waals surface area (Å²) in [5.74, 6) is -0.799. The maximum Gasteiger partial charge on any atom is 0.339 e. The number of hydrogen-bond donors (Lipinski definition) is 4. The SMILES string of the molecule is Nc1cnc(NC2CCC(=O)NC2)c(C(=O)O)c1. The Kier molecular flexibility index (Phi) is 3.31. The first-order chi connectivity index (χ1) is 8.56. The topological polar surface area (TPSA) is 117 Å². The Labute approximate surface area is 103 Å². The number of aromatic carboxylic acids is 1. The van der Waals surface area contributed by atoms with Gasteiger partial charge in [0.05, 0.1) is 11.9 Å². The van der Waals surface area contributed by atoms with E-state index in [0.29, 0.717) is 25.1 Å². The van der Waals surface area contributed by atoms with Gasteiger partial charge in [-0.3, -0.25) is 4.79 Å². The fourth-order valence-corrected chi connectivity index (χ4v) is 1.81. The molecule has 1 amide bonds. The normalized spacial score (nSPS) is 19.1. The van der Waals surface area contributed by atoms with Crippen LogP contribution in [0.3, 0.4) is 0 Å². The fraction of sp³-hybridized carbons (Fsp3) is 0.364. The first kappa shape index (κ1) is 12.2. The molecule has 1 fully saturated rings. The Bertz CT molecular complexity index is 479. The minimum atomic E-state index is -1.09. The number of carboxylic acid groups (broad SMARTS) is 1. The van der Waals surface area contributed by atoms with Crippen LogP contribution in [-0.4, -0.2) is 34.6 Å². The Morgan fingerprint density at radius 3 is 3.00 bits per heavy atom. The summed E-state index contributed by atoms with van der Waals surface area (Å²) in [6, 6.07) is 1.34. The molecule has 2 heterocycles. The van der Waals surface area contributed by atoms with E-state index in [1.54, 1.807) is 0 Å². The zero-order valence-corrected chi connectivity index (χ0v) is 9.64. The van der Waals surface area contributed by atoms with Crippen LogP contribution >= 0.6 is 0 Å². The predicted molar refractivity (Wildman–Crippen MR) is 65.3 cm³/mol. The van der Waals surface area contributed by atoms with Crippen molar-refractivity contribution in [2.75, 3.05) is 17.6 Å². The largest absolute Gasteiger partial charge is 0.478 e. The van der Waals surface area contributed by atoms with E-state index in [-0.39, 0.29) is 23.3 Å². The van der Waals surface area contributed by atoms with Crippen LogP contribution in [0.25, 0.3) is 0 Å². The highest BCUT2D eigenvalue weighted by Crippen LogP contribution is 2.18. The molecule has 0 aliphatic carbocycles. The van der Waals surface area contributed by atoms with Crippen molar-refractivity contribution in [3.05, 3.63) is 17.8 Å². The molecule has 0 bridgehead atoms. The lowest BCUT2D eigenvalue weighted by molar-refractivity contribution is -0.122. The summed E-state index contributed by atoms with van der Waals surface area (Å²) >= 11 is 0. The van der Waals surface area contributed by atoms with E-state index in [0.717, 1.165) is 0 Å². The molecule has 96 valence electrons. The molecule has 18 heavy (non-hydrogen) atoms. The van der Waals surface area contributed by atoms with Crippen molar-refractivity contribution in [1.29, 1.82) is 0 Å². The second-order valence-corrected chi connectivity index (χ2v) is 4.15. The molecule has 0 spiro atoms. The van der Waals surface area contributed by atoms with Gasteiger partial charge in [-0.1, -0.05) is 0 Å². The number of amides is 1. The van der Waals surface area contributed by atoms with Crippen molar-refractivity contribution in [3.63, 3.8) is 0 Å². The number of rotatable bonds is 3. The van der Waals surface area contributed by atoms with E-state index in [1.807, 2.05) is 0 Å². The molecule has 1 unspecified atom stereocenters.